The number of nitrogens with zero attached hydrogens (tertiary/aromatic N) is 2. The lowest BCUT2D eigenvalue weighted by Gasteiger charge is -2.32. The van der Waals surface area contributed by atoms with E-state index in [2.05, 4.69) is 51.9 Å². The highest BCUT2D eigenvalue weighted by Gasteiger charge is 2.53. The average molecular weight is 418 g/mol. The zero-order valence-electron chi connectivity index (χ0n) is 19.0. The summed E-state index contributed by atoms with van der Waals surface area (Å²) in [5, 5.41) is 4.10. The van der Waals surface area contributed by atoms with Crippen LogP contribution < -0.4 is 4.78 Å². The van der Waals surface area contributed by atoms with Crippen LogP contribution in [0.3, 0.4) is 0 Å². The van der Waals surface area contributed by atoms with Crippen molar-refractivity contribution in [1.29, 1.82) is 0 Å². The van der Waals surface area contributed by atoms with E-state index in [1.54, 1.807) is 22.1 Å². The minimum atomic E-state index is -0.407. The molecule has 2 aromatic rings. The smallest absolute Gasteiger partial charge is 0.399 e. The van der Waals surface area contributed by atoms with Crippen LogP contribution in [0.15, 0.2) is 30.6 Å². The Hall–Kier alpha value is -1.12. The summed E-state index contributed by atoms with van der Waals surface area (Å²) in [5.74, 6) is 0. The summed E-state index contributed by atoms with van der Waals surface area (Å²) in [6, 6.07) is 6.04. The predicted molar refractivity (Wildman–Crippen MR) is 118 cm³/mol. The minimum absolute atomic E-state index is 0.200. The van der Waals surface area contributed by atoms with Crippen molar-refractivity contribution >= 4 is 30.5 Å². The van der Waals surface area contributed by atoms with Gasteiger partial charge >= 0.3 is 14.4 Å². The molecule has 0 spiro atoms. The molecular formula is C20H32B2N2O4S. The van der Waals surface area contributed by atoms with E-state index in [0.29, 0.717) is 0 Å². The van der Waals surface area contributed by atoms with Gasteiger partial charge in [-0.05, 0) is 74.4 Å². The Kier molecular flexibility index (Phi) is 5.86. The Morgan fingerprint density at radius 3 is 1.76 bits per heavy atom. The third-order valence-corrected chi connectivity index (χ3v) is 7.25. The van der Waals surface area contributed by atoms with E-state index < -0.39 is 7.25 Å². The first-order chi connectivity index (χ1) is 13.2. The van der Waals surface area contributed by atoms with Gasteiger partial charge < -0.3 is 18.6 Å². The molecule has 0 N–H and O–H groups in total. The Morgan fingerprint density at radius 2 is 1.34 bits per heavy atom. The Bertz CT molecular complexity index is 801. The standard InChI is InChI=1S/C11H17BO2S.C9H15BN2O2/c1-8-6-7-9(15-8)12-13-10(2,3)11(4,5)14-12;1-8(2)9(3,4)14-10(13-8)12-7-5-6-11-12/h6-7H,1-5H3;5-7H,1-4H3. The molecule has 0 atom stereocenters. The van der Waals surface area contributed by atoms with Crippen molar-refractivity contribution in [2.24, 2.45) is 0 Å². The van der Waals surface area contributed by atoms with Crippen LogP contribution in [0, 0.1) is 6.92 Å². The monoisotopic (exact) mass is 418 g/mol. The molecule has 2 saturated heterocycles. The van der Waals surface area contributed by atoms with Gasteiger partial charge in [0.05, 0.1) is 22.4 Å². The number of aromatic nitrogens is 2. The number of rotatable bonds is 2. The van der Waals surface area contributed by atoms with Gasteiger partial charge in [0.2, 0.25) is 0 Å². The average Bonchev–Trinajstić information content (AvgIpc) is 3.30. The van der Waals surface area contributed by atoms with Crippen LogP contribution >= 0.6 is 11.3 Å². The van der Waals surface area contributed by atoms with Crippen LogP contribution in [0.4, 0.5) is 0 Å². The largest absolute Gasteiger partial charge is 0.615 e. The molecule has 0 radical (unpaired) electrons. The van der Waals surface area contributed by atoms with Gasteiger partial charge in [-0.25, -0.2) is 0 Å². The van der Waals surface area contributed by atoms with E-state index in [4.69, 9.17) is 18.6 Å². The van der Waals surface area contributed by atoms with Crippen LogP contribution in [0.1, 0.15) is 60.3 Å². The lowest BCUT2D eigenvalue weighted by molar-refractivity contribution is 0.00578. The maximum absolute atomic E-state index is 5.95. The van der Waals surface area contributed by atoms with Crippen molar-refractivity contribution in [2.45, 2.75) is 84.7 Å². The summed E-state index contributed by atoms with van der Waals surface area (Å²) < 4.78 is 26.3. The number of hydrogen-bond donors (Lipinski definition) is 0. The summed E-state index contributed by atoms with van der Waals surface area (Å²) in [6.45, 7) is 18.5. The maximum Gasteiger partial charge on any atom is 0.615 e. The maximum atomic E-state index is 5.95. The van der Waals surface area contributed by atoms with E-state index in [9.17, 15) is 0 Å². The summed E-state index contributed by atoms with van der Waals surface area (Å²) in [4.78, 5) is 1.29. The molecular weight excluding hydrogens is 386 g/mol. The third-order valence-electron chi connectivity index (χ3n) is 6.23. The second-order valence-electron chi connectivity index (χ2n) is 9.59. The molecule has 0 bridgehead atoms. The van der Waals surface area contributed by atoms with Crippen LogP contribution in [0.25, 0.3) is 0 Å². The summed E-state index contributed by atoms with van der Waals surface area (Å²) in [7, 11) is -0.608. The van der Waals surface area contributed by atoms with Crippen LogP contribution in [0.5, 0.6) is 0 Å². The second kappa shape index (κ2) is 7.54. The molecule has 29 heavy (non-hydrogen) atoms. The first-order valence-corrected chi connectivity index (χ1v) is 10.8. The van der Waals surface area contributed by atoms with Gasteiger partial charge in [-0.15, -0.1) is 11.3 Å². The first-order valence-electron chi connectivity index (χ1n) is 10.0. The van der Waals surface area contributed by atoms with Gasteiger partial charge in [-0.3, -0.25) is 4.59 Å². The molecule has 4 rings (SSSR count). The molecule has 158 valence electrons. The van der Waals surface area contributed by atoms with E-state index in [1.807, 2.05) is 40.0 Å². The molecule has 2 aromatic heterocycles. The molecule has 0 amide bonds. The summed E-state index contributed by atoms with van der Waals surface area (Å²) in [6.07, 6.45) is 3.55. The van der Waals surface area contributed by atoms with Crippen LogP contribution in [-0.4, -0.2) is 46.5 Å². The first kappa shape index (κ1) is 22.6. The third kappa shape index (κ3) is 4.49. The van der Waals surface area contributed by atoms with Gasteiger partial charge in [0.15, 0.2) is 0 Å². The van der Waals surface area contributed by atoms with E-state index in [-0.39, 0.29) is 29.5 Å². The molecule has 0 aliphatic carbocycles. The highest BCUT2D eigenvalue weighted by atomic mass is 32.1. The van der Waals surface area contributed by atoms with Crippen LogP contribution in [0.2, 0.25) is 0 Å². The predicted octanol–water partition coefficient (Wildman–Crippen LogP) is 3.68. The lowest BCUT2D eigenvalue weighted by Crippen LogP contribution is -2.41. The molecule has 6 nitrogen and oxygen atoms in total. The van der Waals surface area contributed by atoms with Crippen LogP contribution in [-0.2, 0) is 18.6 Å². The SMILES string of the molecule is CC1(C)OB(n2cccn2)OC1(C)C.Cc1ccc(B2OC(C)(C)C(C)(C)O2)s1. The fraction of sp³-hybridized carbons (Fsp3) is 0.650. The number of aryl methyl sites for hydroxylation is 1. The molecule has 0 unspecified atom stereocenters. The van der Waals surface area contributed by atoms with Crippen molar-refractivity contribution in [3.63, 3.8) is 0 Å². The molecule has 9 heteroatoms. The topological polar surface area (TPSA) is 54.7 Å². The molecule has 2 aliphatic heterocycles. The summed E-state index contributed by atoms with van der Waals surface area (Å²) in [5.41, 5.74) is -1.08. The minimum Gasteiger partial charge on any atom is -0.399 e. The molecule has 2 aliphatic rings. The normalized spacial score (nSPS) is 23.8. The molecule has 0 saturated carbocycles. The number of hydrogen-bond acceptors (Lipinski definition) is 6. The van der Waals surface area contributed by atoms with Crippen molar-refractivity contribution in [1.82, 2.24) is 9.69 Å². The van der Waals surface area contributed by atoms with Gasteiger partial charge in [0.1, 0.15) is 0 Å². The van der Waals surface area contributed by atoms with Gasteiger partial charge in [0, 0.05) is 22.0 Å². The molecule has 4 heterocycles. The Morgan fingerprint density at radius 1 is 0.828 bits per heavy atom. The van der Waals surface area contributed by atoms with Gasteiger partial charge in [-0.1, -0.05) is 6.07 Å². The van der Waals surface area contributed by atoms with Crippen molar-refractivity contribution < 1.29 is 18.6 Å². The van der Waals surface area contributed by atoms with Gasteiger partial charge in [0.25, 0.3) is 0 Å². The quantitative estimate of drug-likeness (QED) is 0.697. The molecule has 0 aromatic carbocycles. The Balaban J connectivity index is 0.000000166. The van der Waals surface area contributed by atoms with E-state index in [0.717, 1.165) is 4.78 Å². The zero-order chi connectivity index (χ0) is 21.7. The zero-order valence-corrected chi connectivity index (χ0v) is 19.8. The Labute approximate surface area is 179 Å². The van der Waals surface area contributed by atoms with E-state index in [1.165, 1.54) is 4.88 Å². The molecule has 2 fully saturated rings. The second-order valence-corrected chi connectivity index (χ2v) is 10.9. The van der Waals surface area contributed by atoms with Crippen molar-refractivity contribution in [3.8, 4) is 0 Å². The highest BCUT2D eigenvalue weighted by Crippen LogP contribution is 2.37. The van der Waals surface area contributed by atoms with E-state index >= 15 is 0 Å². The highest BCUT2D eigenvalue weighted by molar-refractivity contribution is 7.22. The summed E-state index contributed by atoms with van der Waals surface area (Å²) >= 11 is 1.74. The number of thiophene rings is 1. The van der Waals surface area contributed by atoms with Gasteiger partial charge in [-0.2, -0.15) is 5.10 Å². The lowest BCUT2D eigenvalue weighted by atomic mass is 9.88. The fourth-order valence-electron chi connectivity index (χ4n) is 2.86. The fourth-order valence-corrected chi connectivity index (χ4v) is 3.70. The van der Waals surface area contributed by atoms with Crippen molar-refractivity contribution in [3.05, 3.63) is 35.5 Å². The van der Waals surface area contributed by atoms with Crippen molar-refractivity contribution in [2.75, 3.05) is 0 Å².